The Morgan fingerprint density at radius 2 is 0.941 bits per heavy atom. The number of hydrogen-bond donors (Lipinski definition) is 0. The molecule has 0 fully saturated rings. The fourth-order valence-electron chi connectivity index (χ4n) is 3.93. The van der Waals surface area contributed by atoms with E-state index in [0.29, 0.717) is 11.1 Å². The normalized spacial score (nSPS) is 12.7. The van der Waals surface area contributed by atoms with E-state index < -0.39 is 11.6 Å². The average molecular weight is 467 g/mol. The van der Waals surface area contributed by atoms with Crippen LogP contribution >= 0.6 is 0 Å². The van der Waals surface area contributed by atoms with Gasteiger partial charge in [0.15, 0.2) is 0 Å². The first-order chi connectivity index (χ1) is 16.4. The number of carbonyl (C=O) groups excluding carboxylic acids is 2. The standard InChI is InChI=1S/C30H42O4/c1-5-7-9-11-13-23(3)33-27-19-15-25(16-20-27)29(31)30(32)26-17-21-28(22-18-26)34-24(4)14-12-10-8-6-2/h15-24H,5-14H2,1-4H3/t23-,24-/m0/s1. The lowest BCUT2D eigenvalue weighted by molar-refractivity contribution is 0.0817. The van der Waals surface area contributed by atoms with Crippen LogP contribution < -0.4 is 9.47 Å². The van der Waals surface area contributed by atoms with Crippen molar-refractivity contribution in [3.8, 4) is 11.5 Å². The molecule has 0 spiro atoms. The molecular weight excluding hydrogens is 424 g/mol. The van der Waals surface area contributed by atoms with Gasteiger partial charge in [-0.25, -0.2) is 0 Å². The SMILES string of the molecule is CCCCCC[C@H](C)Oc1ccc(C(=O)C(=O)c2ccc(O[C@@H](C)CCCCCC)cc2)cc1. The van der Waals surface area contributed by atoms with E-state index in [1.165, 1.54) is 38.5 Å². The van der Waals surface area contributed by atoms with Crippen LogP contribution in [0.3, 0.4) is 0 Å². The maximum atomic E-state index is 12.7. The maximum absolute atomic E-state index is 12.7. The quantitative estimate of drug-likeness (QED) is 0.134. The molecule has 0 amide bonds. The summed E-state index contributed by atoms with van der Waals surface area (Å²) in [7, 11) is 0. The number of hydrogen-bond acceptors (Lipinski definition) is 4. The number of benzene rings is 2. The molecule has 0 saturated heterocycles. The third kappa shape index (κ3) is 9.70. The summed E-state index contributed by atoms with van der Waals surface area (Å²) in [6.45, 7) is 8.54. The molecule has 186 valence electrons. The van der Waals surface area contributed by atoms with Crippen LogP contribution in [0, 0.1) is 0 Å². The summed E-state index contributed by atoms with van der Waals surface area (Å²) in [6.07, 6.45) is 12.0. The minimum absolute atomic E-state index is 0.125. The Bertz CT molecular complexity index is 781. The first kappa shape index (κ1) is 27.6. The molecule has 2 aromatic rings. The molecule has 0 aliphatic heterocycles. The molecule has 0 aliphatic carbocycles. The summed E-state index contributed by atoms with van der Waals surface area (Å²) in [4.78, 5) is 25.4. The summed E-state index contributed by atoms with van der Waals surface area (Å²) >= 11 is 0. The van der Waals surface area contributed by atoms with Gasteiger partial charge < -0.3 is 9.47 Å². The van der Waals surface area contributed by atoms with E-state index in [-0.39, 0.29) is 12.2 Å². The Morgan fingerprint density at radius 3 is 1.26 bits per heavy atom. The van der Waals surface area contributed by atoms with Crippen LogP contribution in [0.15, 0.2) is 48.5 Å². The molecule has 0 saturated carbocycles. The first-order valence-corrected chi connectivity index (χ1v) is 13.1. The van der Waals surface area contributed by atoms with Crippen molar-refractivity contribution in [2.45, 2.75) is 104 Å². The van der Waals surface area contributed by atoms with E-state index in [1.807, 2.05) is 0 Å². The molecule has 4 heteroatoms. The van der Waals surface area contributed by atoms with Gasteiger partial charge >= 0.3 is 0 Å². The lowest BCUT2D eigenvalue weighted by atomic mass is 10.0. The predicted molar refractivity (Wildman–Crippen MR) is 139 cm³/mol. The van der Waals surface area contributed by atoms with Gasteiger partial charge in [0.1, 0.15) is 11.5 Å². The molecule has 0 bridgehead atoms. The third-order valence-corrected chi connectivity index (χ3v) is 6.04. The van der Waals surface area contributed by atoms with Gasteiger partial charge in [-0.3, -0.25) is 9.59 Å². The number of ether oxygens (including phenoxy) is 2. The summed E-state index contributed by atoms with van der Waals surface area (Å²) in [6, 6.07) is 13.7. The Hall–Kier alpha value is -2.62. The largest absolute Gasteiger partial charge is 0.491 e. The third-order valence-electron chi connectivity index (χ3n) is 6.04. The van der Waals surface area contributed by atoms with Crippen molar-refractivity contribution >= 4 is 11.6 Å². The Morgan fingerprint density at radius 1 is 0.588 bits per heavy atom. The molecule has 0 heterocycles. The van der Waals surface area contributed by atoms with E-state index in [4.69, 9.17) is 9.47 Å². The summed E-state index contributed by atoms with van der Waals surface area (Å²) < 4.78 is 11.9. The van der Waals surface area contributed by atoms with Crippen LogP contribution in [-0.4, -0.2) is 23.8 Å². The molecule has 0 unspecified atom stereocenters. The lowest BCUT2D eigenvalue weighted by Gasteiger charge is -2.15. The zero-order valence-corrected chi connectivity index (χ0v) is 21.5. The topological polar surface area (TPSA) is 52.6 Å². The highest BCUT2D eigenvalue weighted by atomic mass is 16.5. The second kappa shape index (κ2) is 15.3. The number of carbonyl (C=O) groups is 2. The second-order valence-electron chi connectivity index (χ2n) is 9.26. The number of unbranched alkanes of at least 4 members (excludes halogenated alkanes) is 6. The highest BCUT2D eigenvalue weighted by molar-refractivity contribution is 6.49. The average Bonchev–Trinajstić information content (AvgIpc) is 2.84. The van der Waals surface area contributed by atoms with Gasteiger partial charge in [-0.15, -0.1) is 0 Å². The van der Waals surface area contributed by atoms with Crippen LogP contribution in [0.25, 0.3) is 0 Å². The zero-order valence-electron chi connectivity index (χ0n) is 21.5. The monoisotopic (exact) mass is 466 g/mol. The van der Waals surface area contributed by atoms with Gasteiger partial charge in [0, 0.05) is 11.1 Å². The summed E-state index contributed by atoms with van der Waals surface area (Å²) in [5, 5.41) is 0. The minimum Gasteiger partial charge on any atom is -0.491 e. The van der Waals surface area contributed by atoms with Crippen molar-refractivity contribution in [2.24, 2.45) is 0 Å². The van der Waals surface area contributed by atoms with Gasteiger partial charge in [0.2, 0.25) is 11.6 Å². The first-order valence-electron chi connectivity index (χ1n) is 13.1. The minimum atomic E-state index is -0.517. The van der Waals surface area contributed by atoms with E-state index in [1.54, 1.807) is 48.5 Å². The predicted octanol–water partition coefficient (Wildman–Crippen LogP) is 8.23. The molecule has 2 atom stereocenters. The van der Waals surface area contributed by atoms with Crippen molar-refractivity contribution in [3.63, 3.8) is 0 Å². The van der Waals surface area contributed by atoms with E-state index in [0.717, 1.165) is 37.2 Å². The van der Waals surface area contributed by atoms with Gasteiger partial charge in [0.25, 0.3) is 0 Å². The molecule has 4 nitrogen and oxygen atoms in total. The van der Waals surface area contributed by atoms with Crippen molar-refractivity contribution in [2.75, 3.05) is 0 Å². The Kier molecular flexibility index (Phi) is 12.4. The van der Waals surface area contributed by atoms with E-state index in [9.17, 15) is 9.59 Å². The van der Waals surface area contributed by atoms with Gasteiger partial charge in [-0.2, -0.15) is 0 Å². The zero-order chi connectivity index (χ0) is 24.8. The molecule has 2 aromatic carbocycles. The smallest absolute Gasteiger partial charge is 0.233 e. The molecule has 34 heavy (non-hydrogen) atoms. The number of ketones is 2. The molecule has 0 aliphatic rings. The summed E-state index contributed by atoms with van der Waals surface area (Å²) in [5.74, 6) is 0.406. The molecule has 0 N–H and O–H groups in total. The van der Waals surface area contributed by atoms with Gasteiger partial charge in [-0.1, -0.05) is 52.4 Å². The fraction of sp³-hybridized carbons (Fsp3) is 0.533. The Balaban J connectivity index is 1.85. The molecule has 0 radical (unpaired) electrons. The molecule has 2 rings (SSSR count). The van der Waals surface area contributed by atoms with Crippen molar-refractivity contribution in [1.29, 1.82) is 0 Å². The van der Waals surface area contributed by atoms with Gasteiger partial charge in [0.05, 0.1) is 12.2 Å². The van der Waals surface area contributed by atoms with Crippen LogP contribution in [0.1, 0.15) is 113 Å². The molecule has 0 aromatic heterocycles. The summed E-state index contributed by atoms with van der Waals surface area (Å²) in [5.41, 5.74) is 0.739. The van der Waals surface area contributed by atoms with Crippen LogP contribution in [0.4, 0.5) is 0 Å². The molecular formula is C30H42O4. The van der Waals surface area contributed by atoms with Crippen LogP contribution in [0.5, 0.6) is 11.5 Å². The fourth-order valence-corrected chi connectivity index (χ4v) is 3.93. The van der Waals surface area contributed by atoms with Crippen LogP contribution in [-0.2, 0) is 0 Å². The maximum Gasteiger partial charge on any atom is 0.233 e. The highest BCUT2D eigenvalue weighted by Crippen LogP contribution is 2.20. The van der Waals surface area contributed by atoms with E-state index >= 15 is 0 Å². The van der Waals surface area contributed by atoms with Crippen molar-refractivity contribution in [1.82, 2.24) is 0 Å². The number of rotatable bonds is 17. The second-order valence-corrected chi connectivity index (χ2v) is 9.26. The highest BCUT2D eigenvalue weighted by Gasteiger charge is 2.19. The van der Waals surface area contributed by atoms with Crippen LogP contribution in [0.2, 0.25) is 0 Å². The number of Topliss-reactive ketones (excluding diaryl/α,β-unsaturated/α-hetero) is 2. The Labute approximate surface area is 206 Å². The van der Waals surface area contributed by atoms with E-state index in [2.05, 4.69) is 27.7 Å². The van der Waals surface area contributed by atoms with Gasteiger partial charge in [-0.05, 0) is 88.1 Å². The van der Waals surface area contributed by atoms with Crippen molar-refractivity contribution < 1.29 is 19.1 Å². The van der Waals surface area contributed by atoms with Crippen molar-refractivity contribution in [3.05, 3.63) is 59.7 Å². The lowest BCUT2D eigenvalue weighted by Crippen LogP contribution is -2.15.